The molecule has 0 aliphatic heterocycles. The predicted molar refractivity (Wildman–Crippen MR) is 131 cm³/mol. The summed E-state index contributed by atoms with van der Waals surface area (Å²) >= 11 is 0. The molecule has 5 nitrogen and oxygen atoms in total. The number of halogens is 2. The molecule has 0 bridgehead atoms. The van der Waals surface area contributed by atoms with Crippen LogP contribution in [0.2, 0.25) is 0 Å². The highest BCUT2D eigenvalue weighted by molar-refractivity contribution is 8.93. The molecule has 4 rings (SSSR count). The number of aromatic nitrogens is 3. The van der Waals surface area contributed by atoms with Crippen LogP contribution in [-0.2, 0) is 6.54 Å². The lowest BCUT2D eigenvalue weighted by molar-refractivity contribution is 0.293. The van der Waals surface area contributed by atoms with Crippen LogP contribution >= 0.6 is 34.0 Å². The standard InChI is InChI=1S/C22H26N4O.2BrH/c1-4-24(5-2)14-15-25-20-8-6-7-9-21(20)26-16-19(23-22(25)26)17-10-12-18(27-3)13-11-17;;/h6-13,16H,4-5,14-15H2,1-3H3;2*1H. The minimum atomic E-state index is 0. The molecule has 29 heavy (non-hydrogen) atoms. The number of ether oxygens (including phenoxy) is 1. The van der Waals surface area contributed by atoms with Gasteiger partial charge in [-0.15, -0.1) is 34.0 Å². The second-order valence-electron chi connectivity index (χ2n) is 6.69. The topological polar surface area (TPSA) is 34.7 Å². The summed E-state index contributed by atoms with van der Waals surface area (Å²) in [5.74, 6) is 1.85. The molecule has 2 aromatic heterocycles. The summed E-state index contributed by atoms with van der Waals surface area (Å²) in [4.78, 5) is 7.41. The quantitative estimate of drug-likeness (QED) is 0.322. The molecule has 0 aliphatic carbocycles. The number of hydrogen-bond donors (Lipinski definition) is 0. The predicted octanol–water partition coefficient (Wildman–Crippen LogP) is 5.46. The van der Waals surface area contributed by atoms with E-state index < -0.39 is 0 Å². The lowest BCUT2D eigenvalue weighted by Crippen LogP contribution is -2.27. The third-order valence-corrected chi connectivity index (χ3v) is 5.28. The van der Waals surface area contributed by atoms with Gasteiger partial charge in [-0.3, -0.25) is 4.40 Å². The van der Waals surface area contributed by atoms with E-state index in [0.29, 0.717) is 0 Å². The molecule has 0 N–H and O–H groups in total. The van der Waals surface area contributed by atoms with E-state index in [4.69, 9.17) is 9.72 Å². The van der Waals surface area contributed by atoms with Crippen molar-refractivity contribution in [3.8, 4) is 17.0 Å². The van der Waals surface area contributed by atoms with Gasteiger partial charge in [-0.05, 0) is 49.5 Å². The van der Waals surface area contributed by atoms with Crippen molar-refractivity contribution in [2.24, 2.45) is 0 Å². The average Bonchev–Trinajstić information content (AvgIpc) is 3.27. The first-order valence-corrected chi connectivity index (χ1v) is 9.58. The Balaban J connectivity index is 0.00000150. The van der Waals surface area contributed by atoms with Crippen molar-refractivity contribution in [3.63, 3.8) is 0 Å². The summed E-state index contributed by atoms with van der Waals surface area (Å²) in [5, 5.41) is 0. The maximum Gasteiger partial charge on any atom is 0.215 e. The van der Waals surface area contributed by atoms with Crippen LogP contribution in [0.15, 0.2) is 54.7 Å². The Hall–Kier alpha value is -1.83. The molecule has 4 aromatic rings. The van der Waals surface area contributed by atoms with Crippen LogP contribution < -0.4 is 4.74 Å². The average molecular weight is 524 g/mol. The smallest absolute Gasteiger partial charge is 0.215 e. The first-order chi connectivity index (χ1) is 13.2. The Labute approximate surface area is 192 Å². The zero-order valence-corrected chi connectivity index (χ0v) is 20.5. The summed E-state index contributed by atoms with van der Waals surface area (Å²) < 4.78 is 9.81. The number of para-hydroxylation sites is 2. The molecule has 156 valence electrons. The van der Waals surface area contributed by atoms with Crippen LogP contribution in [-0.4, -0.2) is 45.6 Å². The van der Waals surface area contributed by atoms with Gasteiger partial charge < -0.3 is 14.2 Å². The molecule has 0 radical (unpaired) electrons. The van der Waals surface area contributed by atoms with Crippen LogP contribution in [0.1, 0.15) is 13.8 Å². The number of benzene rings is 2. The molecule has 0 fully saturated rings. The zero-order valence-electron chi connectivity index (χ0n) is 17.0. The molecule has 2 aromatic carbocycles. The van der Waals surface area contributed by atoms with Gasteiger partial charge in [0.1, 0.15) is 5.75 Å². The molecule has 0 aliphatic rings. The lowest BCUT2D eigenvalue weighted by Gasteiger charge is -2.18. The first kappa shape index (κ1) is 23.4. The monoisotopic (exact) mass is 522 g/mol. The minimum Gasteiger partial charge on any atom is -0.497 e. The fourth-order valence-electron chi connectivity index (χ4n) is 3.64. The van der Waals surface area contributed by atoms with E-state index in [-0.39, 0.29) is 34.0 Å². The number of fused-ring (bicyclic) bond motifs is 3. The van der Waals surface area contributed by atoms with Gasteiger partial charge in [0.25, 0.3) is 0 Å². The normalized spacial score (nSPS) is 10.9. The van der Waals surface area contributed by atoms with Gasteiger partial charge >= 0.3 is 0 Å². The highest BCUT2D eigenvalue weighted by Crippen LogP contribution is 2.26. The van der Waals surface area contributed by atoms with Crippen LogP contribution in [0.25, 0.3) is 28.1 Å². The first-order valence-electron chi connectivity index (χ1n) is 9.58. The van der Waals surface area contributed by atoms with Crippen molar-refractivity contribution in [2.45, 2.75) is 20.4 Å². The van der Waals surface area contributed by atoms with Crippen molar-refractivity contribution in [2.75, 3.05) is 26.7 Å². The number of hydrogen-bond acceptors (Lipinski definition) is 3. The maximum absolute atomic E-state index is 5.27. The van der Waals surface area contributed by atoms with Crippen LogP contribution in [0.3, 0.4) is 0 Å². The van der Waals surface area contributed by atoms with Crippen LogP contribution in [0.4, 0.5) is 0 Å². The molecule has 0 atom stereocenters. The van der Waals surface area contributed by atoms with Gasteiger partial charge in [-0.25, -0.2) is 4.98 Å². The molecule has 0 amide bonds. The molecular weight excluding hydrogens is 496 g/mol. The third kappa shape index (κ3) is 4.52. The van der Waals surface area contributed by atoms with E-state index in [2.05, 4.69) is 70.3 Å². The largest absolute Gasteiger partial charge is 0.497 e. The van der Waals surface area contributed by atoms with Crippen molar-refractivity contribution < 1.29 is 4.74 Å². The number of imidazole rings is 2. The molecule has 0 saturated heterocycles. The summed E-state index contributed by atoms with van der Waals surface area (Å²) in [6.07, 6.45) is 2.13. The number of nitrogens with zero attached hydrogens (tertiary/aromatic N) is 4. The molecular formula is C22H28Br2N4O. The summed E-state index contributed by atoms with van der Waals surface area (Å²) in [7, 11) is 1.69. The van der Waals surface area contributed by atoms with Gasteiger partial charge in [0.15, 0.2) is 0 Å². The van der Waals surface area contributed by atoms with E-state index >= 15 is 0 Å². The van der Waals surface area contributed by atoms with Gasteiger partial charge in [0.2, 0.25) is 5.78 Å². The van der Waals surface area contributed by atoms with Crippen molar-refractivity contribution in [1.82, 2.24) is 18.9 Å². The van der Waals surface area contributed by atoms with Gasteiger partial charge in [0.05, 0.1) is 23.8 Å². The molecule has 0 saturated carbocycles. The summed E-state index contributed by atoms with van der Waals surface area (Å²) in [5.41, 5.74) is 4.50. The fourth-order valence-corrected chi connectivity index (χ4v) is 3.64. The summed E-state index contributed by atoms with van der Waals surface area (Å²) in [6.45, 7) is 8.51. The molecule has 0 unspecified atom stereocenters. The SMILES string of the molecule is Br.Br.CCN(CC)CCn1c2ccccc2n2cc(-c3ccc(OC)cc3)nc12. The number of likely N-dealkylation sites (N-methyl/N-ethyl adjacent to an activating group) is 1. The summed E-state index contributed by atoms with van der Waals surface area (Å²) in [6, 6.07) is 16.6. The second kappa shape index (κ2) is 10.3. The van der Waals surface area contributed by atoms with E-state index in [0.717, 1.165) is 49.0 Å². The van der Waals surface area contributed by atoms with E-state index in [1.165, 1.54) is 11.0 Å². The number of rotatable bonds is 7. The van der Waals surface area contributed by atoms with E-state index in [1.807, 2.05) is 12.1 Å². The van der Waals surface area contributed by atoms with E-state index in [9.17, 15) is 0 Å². The Kier molecular flexibility index (Phi) is 8.31. The van der Waals surface area contributed by atoms with Gasteiger partial charge in [-0.2, -0.15) is 0 Å². The minimum absolute atomic E-state index is 0. The van der Waals surface area contributed by atoms with Gasteiger partial charge in [0, 0.05) is 24.8 Å². The second-order valence-corrected chi connectivity index (χ2v) is 6.69. The zero-order chi connectivity index (χ0) is 18.8. The third-order valence-electron chi connectivity index (χ3n) is 5.28. The van der Waals surface area contributed by atoms with Gasteiger partial charge in [-0.1, -0.05) is 26.0 Å². The van der Waals surface area contributed by atoms with Crippen molar-refractivity contribution in [3.05, 3.63) is 54.7 Å². The Morgan fingerprint density at radius 3 is 2.21 bits per heavy atom. The molecule has 0 spiro atoms. The van der Waals surface area contributed by atoms with Crippen molar-refractivity contribution >= 4 is 50.8 Å². The highest BCUT2D eigenvalue weighted by atomic mass is 79.9. The van der Waals surface area contributed by atoms with Crippen LogP contribution in [0.5, 0.6) is 5.75 Å². The molecule has 2 heterocycles. The van der Waals surface area contributed by atoms with E-state index in [1.54, 1.807) is 7.11 Å². The fraction of sp³-hybridized carbons (Fsp3) is 0.318. The van der Waals surface area contributed by atoms with Crippen molar-refractivity contribution in [1.29, 1.82) is 0 Å². The molecule has 7 heteroatoms. The Morgan fingerprint density at radius 2 is 1.59 bits per heavy atom. The van der Waals surface area contributed by atoms with Crippen LogP contribution in [0, 0.1) is 0 Å². The Morgan fingerprint density at radius 1 is 0.931 bits per heavy atom. The maximum atomic E-state index is 5.27. The lowest BCUT2D eigenvalue weighted by atomic mass is 10.2. The Bertz CT molecular complexity index is 1050. The number of methoxy groups -OCH3 is 1. The highest BCUT2D eigenvalue weighted by Gasteiger charge is 2.15.